The van der Waals surface area contributed by atoms with Crippen molar-refractivity contribution in [2.45, 2.75) is 39.0 Å². The van der Waals surface area contributed by atoms with Crippen molar-refractivity contribution in [1.82, 2.24) is 9.97 Å². The predicted octanol–water partition coefficient (Wildman–Crippen LogP) is 1.99. The summed E-state index contributed by atoms with van der Waals surface area (Å²) in [5, 5.41) is 0. The van der Waals surface area contributed by atoms with Crippen LogP contribution in [0.5, 0.6) is 0 Å². The van der Waals surface area contributed by atoms with Crippen LogP contribution in [0.3, 0.4) is 0 Å². The first-order chi connectivity index (χ1) is 6.19. The third kappa shape index (κ3) is 2.31. The molecule has 1 atom stereocenters. The van der Waals surface area contributed by atoms with Gasteiger partial charge in [-0.25, -0.2) is 4.98 Å². The summed E-state index contributed by atoms with van der Waals surface area (Å²) in [7, 11) is 0. The highest BCUT2D eigenvalue weighted by molar-refractivity contribution is 5.08. The van der Waals surface area contributed by atoms with Gasteiger partial charge in [0.1, 0.15) is 5.82 Å². The summed E-state index contributed by atoms with van der Waals surface area (Å²) in [5.74, 6) is 1.93. The maximum atomic E-state index is 5.64. The van der Waals surface area contributed by atoms with Gasteiger partial charge in [0.15, 0.2) is 0 Å². The molecule has 0 aliphatic heterocycles. The van der Waals surface area contributed by atoms with Crippen LogP contribution in [-0.4, -0.2) is 16.5 Å². The molecule has 0 spiro atoms. The average molecular weight is 181 g/mol. The molecule has 0 amide bonds. The molecule has 0 saturated heterocycles. The van der Waals surface area contributed by atoms with E-state index in [1.54, 1.807) is 0 Å². The van der Waals surface area contributed by atoms with E-state index in [-0.39, 0.29) is 0 Å². The Balaban J connectivity index is 2.78. The van der Waals surface area contributed by atoms with Crippen molar-refractivity contribution in [3.05, 3.63) is 17.7 Å². The topological polar surface area (TPSA) is 54.7 Å². The zero-order valence-corrected chi connectivity index (χ0v) is 8.67. The summed E-state index contributed by atoms with van der Waals surface area (Å²) in [5.41, 5.74) is 6.84. The maximum absolute atomic E-state index is 5.64. The first-order valence-corrected chi connectivity index (χ1v) is 4.93. The summed E-state index contributed by atoms with van der Waals surface area (Å²) in [6, 6.07) is 0. The van der Waals surface area contributed by atoms with E-state index < -0.39 is 0 Å². The minimum Gasteiger partial charge on any atom is -0.345 e. The second-order valence-electron chi connectivity index (χ2n) is 3.72. The van der Waals surface area contributed by atoms with Crippen LogP contribution >= 0.6 is 0 Å². The van der Waals surface area contributed by atoms with Crippen molar-refractivity contribution in [3.8, 4) is 0 Å². The summed E-state index contributed by atoms with van der Waals surface area (Å²) in [6.45, 7) is 7.11. The fourth-order valence-corrected chi connectivity index (χ4v) is 1.32. The molecule has 3 nitrogen and oxygen atoms in total. The highest BCUT2D eigenvalue weighted by Gasteiger charge is 2.11. The molecule has 3 N–H and O–H groups in total. The van der Waals surface area contributed by atoms with Crippen molar-refractivity contribution in [2.24, 2.45) is 5.73 Å². The summed E-state index contributed by atoms with van der Waals surface area (Å²) < 4.78 is 0. The molecule has 0 aliphatic carbocycles. The molecule has 0 radical (unpaired) electrons. The lowest BCUT2D eigenvalue weighted by atomic mass is 10.1. The van der Waals surface area contributed by atoms with E-state index in [2.05, 4.69) is 30.7 Å². The number of H-pyrrole nitrogens is 1. The molecule has 0 bridgehead atoms. The van der Waals surface area contributed by atoms with E-state index in [4.69, 9.17) is 5.73 Å². The number of nitrogens with zero attached hydrogens (tertiary/aromatic N) is 1. The summed E-state index contributed by atoms with van der Waals surface area (Å²) in [4.78, 5) is 7.67. The minimum atomic E-state index is 0.382. The lowest BCUT2D eigenvalue weighted by Crippen LogP contribution is -2.12. The molecule has 1 aromatic heterocycles. The molecule has 1 aromatic rings. The number of nitrogens with one attached hydrogen (secondary N) is 1. The number of hydrogen-bond acceptors (Lipinski definition) is 2. The summed E-state index contributed by atoms with van der Waals surface area (Å²) >= 11 is 0. The summed E-state index contributed by atoms with van der Waals surface area (Å²) in [6.07, 6.45) is 2.96. The third-order valence-corrected chi connectivity index (χ3v) is 2.40. The van der Waals surface area contributed by atoms with Gasteiger partial charge in [-0.2, -0.15) is 0 Å². The Bertz CT molecular complexity index is 248. The van der Waals surface area contributed by atoms with Gasteiger partial charge in [0.05, 0.1) is 0 Å². The van der Waals surface area contributed by atoms with Crippen molar-refractivity contribution in [2.75, 3.05) is 6.54 Å². The van der Waals surface area contributed by atoms with Gasteiger partial charge in [-0.15, -0.1) is 0 Å². The van der Waals surface area contributed by atoms with Crippen molar-refractivity contribution >= 4 is 0 Å². The van der Waals surface area contributed by atoms with Gasteiger partial charge in [-0.1, -0.05) is 20.8 Å². The van der Waals surface area contributed by atoms with Crippen LogP contribution in [-0.2, 0) is 0 Å². The fourth-order valence-electron chi connectivity index (χ4n) is 1.32. The normalized spacial score (nSPS) is 13.6. The van der Waals surface area contributed by atoms with Crippen LogP contribution in [0.2, 0.25) is 0 Å². The van der Waals surface area contributed by atoms with E-state index in [0.29, 0.717) is 18.4 Å². The van der Waals surface area contributed by atoms with Gasteiger partial charge in [-0.3, -0.25) is 0 Å². The number of rotatable bonds is 4. The number of aromatic amines is 1. The van der Waals surface area contributed by atoms with Crippen molar-refractivity contribution in [1.29, 1.82) is 0 Å². The maximum Gasteiger partial charge on any atom is 0.110 e. The fraction of sp³-hybridized carbons (Fsp3) is 0.700. The first kappa shape index (κ1) is 10.3. The Hall–Kier alpha value is -0.830. The largest absolute Gasteiger partial charge is 0.345 e. The quantitative estimate of drug-likeness (QED) is 0.746. The molecule has 1 rings (SSSR count). The molecule has 0 saturated carbocycles. The molecule has 13 heavy (non-hydrogen) atoms. The second-order valence-corrected chi connectivity index (χ2v) is 3.72. The molecule has 0 aromatic carbocycles. The molecule has 3 heteroatoms. The molecule has 1 heterocycles. The Morgan fingerprint density at radius 1 is 1.54 bits per heavy atom. The van der Waals surface area contributed by atoms with Crippen LogP contribution in [0.15, 0.2) is 6.20 Å². The van der Waals surface area contributed by atoms with Crippen LogP contribution < -0.4 is 5.73 Å². The van der Waals surface area contributed by atoms with Crippen LogP contribution in [0, 0.1) is 0 Å². The van der Waals surface area contributed by atoms with Crippen LogP contribution in [0.1, 0.15) is 50.5 Å². The van der Waals surface area contributed by atoms with Gasteiger partial charge < -0.3 is 10.7 Å². The Morgan fingerprint density at radius 3 is 2.62 bits per heavy atom. The number of nitrogens with two attached hydrogens (primary N) is 1. The monoisotopic (exact) mass is 181 g/mol. The lowest BCUT2D eigenvalue weighted by Gasteiger charge is -2.08. The van der Waals surface area contributed by atoms with E-state index in [9.17, 15) is 0 Å². The predicted molar refractivity (Wildman–Crippen MR) is 54.8 cm³/mol. The van der Waals surface area contributed by atoms with E-state index >= 15 is 0 Å². The molecule has 1 unspecified atom stereocenters. The van der Waals surface area contributed by atoms with Crippen LogP contribution in [0.4, 0.5) is 0 Å². The SMILES string of the molecule is CCC(CN)c1ncc(C(C)C)[nH]1. The standard InChI is InChI=1S/C10H19N3/c1-4-8(5-11)10-12-6-9(13-10)7(2)3/h6-8H,4-5,11H2,1-3H3,(H,12,13). The number of imidazole rings is 1. The van der Waals surface area contributed by atoms with E-state index in [1.165, 1.54) is 5.69 Å². The molecule has 0 fully saturated rings. The zero-order valence-electron chi connectivity index (χ0n) is 8.67. The Kier molecular flexibility index (Phi) is 3.48. The van der Waals surface area contributed by atoms with E-state index in [1.807, 2.05) is 6.20 Å². The van der Waals surface area contributed by atoms with Crippen molar-refractivity contribution in [3.63, 3.8) is 0 Å². The highest BCUT2D eigenvalue weighted by atomic mass is 14.9. The molecule has 0 aliphatic rings. The first-order valence-electron chi connectivity index (χ1n) is 4.93. The molecular weight excluding hydrogens is 162 g/mol. The number of aromatic nitrogens is 2. The average Bonchev–Trinajstić information content (AvgIpc) is 2.56. The Labute approximate surface area is 79.8 Å². The van der Waals surface area contributed by atoms with E-state index in [0.717, 1.165) is 12.2 Å². The van der Waals surface area contributed by atoms with Gasteiger partial charge in [-0.05, 0) is 12.3 Å². The molecule has 74 valence electrons. The van der Waals surface area contributed by atoms with Gasteiger partial charge in [0.2, 0.25) is 0 Å². The van der Waals surface area contributed by atoms with Crippen LogP contribution in [0.25, 0.3) is 0 Å². The second kappa shape index (κ2) is 4.42. The number of hydrogen-bond donors (Lipinski definition) is 2. The smallest absolute Gasteiger partial charge is 0.110 e. The van der Waals surface area contributed by atoms with Gasteiger partial charge >= 0.3 is 0 Å². The highest BCUT2D eigenvalue weighted by Crippen LogP contribution is 2.18. The molecular formula is C10H19N3. The van der Waals surface area contributed by atoms with Gasteiger partial charge in [0, 0.05) is 24.4 Å². The Morgan fingerprint density at radius 2 is 2.23 bits per heavy atom. The minimum absolute atomic E-state index is 0.382. The third-order valence-electron chi connectivity index (χ3n) is 2.40. The zero-order chi connectivity index (χ0) is 9.84. The van der Waals surface area contributed by atoms with Crippen molar-refractivity contribution < 1.29 is 0 Å². The lowest BCUT2D eigenvalue weighted by molar-refractivity contribution is 0.635. The van der Waals surface area contributed by atoms with Gasteiger partial charge in [0.25, 0.3) is 0 Å².